The monoisotopic (exact) mass is 374 g/mol. The molecule has 4 nitrogen and oxygen atoms in total. The summed E-state index contributed by atoms with van der Waals surface area (Å²) in [6.07, 6.45) is -1.18. The van der Waals surface area contributed by atoms with Crippen LogP contribution in [0.25, 0.3) is 0 Å². The van der Waals surface area contributed by atoms with Crippen LogP contribution in [0.5, 0.6) is 0 Å². The Kier molecular flexibility index (Phi) is 5.34. The largest absolute Gasteiger partial charge is 0.380 e. The van der Waals surface area contributed by atoms with Crippen molar-refractivity contribution in [3.8, 4) is 0 Å². The highest BCUT2D eigenvalue weighted by atomic mass is 19.4. The molecule has 2 aliphatic rings. The van der Waals surface area contributed by atoms with Gasteiger partial charge in [-0.3, -0.25) is 0 Å². The van der Waals surface area contributed by atoms with Crippen LogP contribution >= 0.6 is 0 Å². The van der Waals surface area contributed by atoms with Crippen molar-refractivity contribution in [1.29, 1.82) is 0 Å². The van der Waals surface area contributed by atoms with Crippen molar-refractivity contribution in [1.82, 2.24) is 0 Å². The lowest BCUT2D eigenvalue weighted by molar-refractivity contribution is -0.376. The molecule has 12 heteroatoms. The average Bonchev–Trinajstić information content (AvgIpc) is 3.32. The maximum atomic E-state index is 13.4. The van der Waals surface area contributed by atoms with Crippen LogP contribution in [0.4, 0.5) is 35.1 Å². The molecule has 0 amide bonds. The summed E-state index contributed by atoms with van der Waals surface area (Å²) in [5.74, 6) is -23.7. The Labute approximate surface area is 131 Å². The number of alkyl halides is 8. The van der Waals surface area contributed by atoms with E-state index < -0.39 is 62.3 Å². The fourth-order valence-corrected chi connectivity index (χ4v) is 1.61. The molecule has 0 aromatic heterocycles. The lowest BCUT2D eigenvalue weighted by Crippen LogP contribution is -2.64. The zero-order chi connectivity index (χ0) is 18.2. The Morgan fingerprint density at radius 3 is 1.21 bits per heavy atom. The van der Waals surface area contributed by atoms with Gasteiger partial charge in [0.25, 0.3) is 0 Å². The van der Waals surface area contributed by atoms with E-state index in [9.17, 15) is 35.1 Å². The quantitative estimate of drug-likeness (QED) is 0.412. The number of ether oxygens (including phenoxy) is 4. The predicted octanol–water partition coefficient (Wildman–Crippen LogP) is 2.36. The topological polar surface area (TPSA) is 43.5 Å². The van der Waals surface area contributed by atoms with Gasteiger partial charge in [0.1, 0.15) is 25.4 Å². The molecule has 2 fully saturated rings. The van der Waals surface area contributed by atoms with E-state index in [1.165, 1.54) is 0 Å². The molecule has 2 aliphatic heterocycles. The molecule has 0 aromatic carbocycles. The zero-order valence-electron chi connectivity index (χ0n) is 12.1. The molecule has 2 heterocycles. The molecule has 0 bridgehead atoms. The Morgan fingerprint density at radius 2 is 0.958 bits per heavy atom. The first-order chi connectivity index (χ1) is 10.9. The van der Waals surface area contributed by atoms with E-state index in [4.69, 9.17) is 0 Å². The second-order valence-corrected chi connectivity index (χ2v) is 5.50. The van der Waals surface area contributed by atoms with Gasteiger partial charge in [-0.25, -0.2) is 0 Å². The number of rotatable bonds is 11. The number of halogens is 8. The van der Waals surface area contributed by atoms with Crippen molar-refractivity contribution in [3.63, 3.8) is 0 Å². The predicted molar refractivity (Wildman–Crippen MR) is 60.9 cm³/mol. The minimum atomic E-state index is -6.35. The van der Waals surface area contributed by atoms with Crippen LogP contribution in [-0.2, 0) is 18.9 Å². The Balaban J connectivity index is 1.97. The second-order valence-electron chi connectivity index (χ2n) is 5.50. The maximum absolute atomic E-state index is 13.4. The average molecular weight is 374 g/mol. The minimum absolute atomic E-state index is 0.151. The van der Waals surface area contributed by atoms with Crippen molar-refractivity contribution in [2.45, 2.75) is 35.9 Å². The molecule has 2 unspecified atom stereocenters. The minimum Gasteiger partial charge on any atom is -0.372 e. The first-order valence-corrected chi connectivity index (χ1v) is 6.81. The summed E-state index contributed by atoms with van der Waals surface area (Å²) < 4.78 is 125. The van der Waals surface area contributed by atoms with E-state index in [0.29, 0.717) is 0 Å². The molecule has 0 saturated carbocycles. The first-order valence-electron chi connectivity index (χ1n) is 6.81. The molecule has 0 aliphatic carbocycles. The summed E-state index contributed by atoms with van der Waals surface area (Å²) in [5, 5.41) is 0. The smallest absolute Gasteiger partial charge is 0.372 e. The lowest BCUT2D eigenvalue weighted by Gasteiger charge is -2.36. The number of hydrogen-bond donors (Lipinski definition) is 0. The number of epoxide rings is 2. The summed E-state index contributed by atoms with van der Waals surface area (Å²) >= 11 is 0. The molecular weight excluding hydrogens is 360 g/mol. The summed E-state index contributed by atoms with van der Waals surface area (Å²) in [7, 11) is 0. The highest BCUT2D eigenvalue weighted by Crippen LogP contribution is 2.52. The summed E-state index contributed by atoms with van der Waals surface area (Å²) in [6, 6.07) is 0. The van der Waals surface area contributed by atoms with Crippen molar-refractivity contribution < 1.29 is 54.1 Å². The fourth-order valence-electron chi connectivity index (χ4n) is 1.61. The van der Waals surface area contributed by atoms with Crippen LogP contribution in [0.3, 0.4) is 0 Å². The van der Waals surface area contributed by atoms with E-state index in [1.807, 2.05) is 0 Å². The molecular formula is C12H14F8O4. The Hall–Kier alpha value is -0.720. The van der Waals surface area contributed by atoms with Crippen LogP contribution in [0.15, 0.2) is 0 Å². The third-order valence-corrected chi connectivity index (χ3v) is 3.29. The van der Waals surface area contributed by atoms with Gasteiger partial charge in [0.15, 0.2) is 0 Å². The third-order valence-electron chi connectivity index (χ3n) is 3.29. The molecule has 0 aromatic rings. The standard InChI is InChI=1S/C12H14F8O4/c13-9(14,5-21-1-7-3-23-7)11(17,18)12(19,20)10(15,16)6-22-2-8-4-24-8/h7-8H,1-6H2. The Bertz CT molecular complexity index is 397. The molecule has 2 saturated heterocycles. The summed E-state index contributed by atoms with van der Waals surface area (Å²) in [6.45, 7) is -5.06. The van der Waals surface area contributed by atoms with E-state index >= 15 is 0 Å². The van der Waals surface area contributed by atoms with Crippen LogP contribution in [0.1, 0.15) is 0 Å². The highest BCUT2D eigenvalue weighted by molar-refractivity contribution is 5.03. The molecule has 2 rings (SSSR count). The molecule has 24 heavy (non-hydrogen) atoms. The van der Waals surface area contributed by atoms with Gasteiger partial charge in [-0.1, -0.05) is 0 Å². The maximum Gasteiger partial charge on any atom is 0.380 e. The van der Waals surface area contributed by atoms with Gasteiger partial charge in [0.2, 0.25) is 0 Å². The van der Waals surface area contributed by atoms with Gasteiger partial charge < -0.3 is 18.9 Å². The van der Waals surface area contributed by atoms with E-state index in [2.05, 4.69) is 18.9 Å². The van der Waals surface area contributed by atoms with E-state index in [1.54, 1.807) is 0 Å². The summed E-state index contributed by atoms with van der Waals surface area (Å²) in [4.78, 5) is 0. The van der Waals surface area contributed by atoms with Crippen LogP contribution in [-0.4, -0.2) is 75.5 Å². The van der Waals surface area contributed by atoms with Gasteiger partial charge in [-0.05, 0) is 0 Å². The zero-order valence-corrected chi connectivity index (χ0v) is 12.1. The highest BCUT2D eigenvalue weighted by Gasteiger charge is 2.80. The van der Waals surface area contributed by atoms with Crippen LogP contribution < -0.4 is 0 Å². The first kappa shape index (κ1) is 19.6. The normalized spacial score (nSPS) is 25.0. The van der Waals surface area contributed by atoms with E-state index in [-0.39, 0.29) is 13.2 Å². The van der Waals surface area contributed by atoms with E-state index in [0.717, 1.165) is 0 Å². The molecule has 0 N–H and O–H groups in total. The van der Waals surface area contributed by atoms with Gasteiger partial charge in [-0.2, -0.15) is 35.1 Å². The van der Waals surface area contributed by atoms with Crippen LogP contribution in [0.2, 0.25) is 0 Å². The van der Waals surface area contributed by atoms with Gasteiger partial charge in [0, 0.05) is 0 Å². The molecule has 142 valence electrons. The fraction of sp³-hybridized carbons (Fsp3) is 1.00. The SMILES string of the molecule is FC(F)(COCC1CO1)C(F)(F)C(F)(F)C(F)(F)COCC1CO1. The van der Waals surface area contributed by atoms with Gasteiger partial charge >= 0.3 is 23.7 Å². The van der Waals surface area contributed by atoms with Gasteiger partial charge in [-0.15, -0.1) is 0 Å². The summed E-state index contributed by atoms with van der Waals surface area (Å²) in [5.41, 5.74) is 0. The molecule has 2 atom stereocenters. The second kappa shape index (κ2) is 6.54. The third kappa shape index (κ3) is 4.09. The molecule has 0 spiro atoms. The lowest BCUT2D eigenvalue weighted by atomic mass is 9.99. The van der Waals surface area contributed by atoms with Gasteiger partial charge in [0.05, 0.1) is 26.4 Å². The van der Waals surface area contributed by atoms with Crippen molar-refractivity contribution >= 4 is 0 Å². The Morgan fingerprint density at radius 1 is 0.667 bits per heavy atom. The number of hydrogen-bond acceptors (Lipinski definition) is 4. The molecule has 0 radical (unpaired) electrons. The van der Waals surface area contributed by atoms with Crippen molar-refractivity contribution in [3.05, 3.63) is 0 Å². The van der Waals surface area contributed by atoms with Crippen molar-refractivity contribution in [2.75, 3.05) is 39.6 Å². The van der Waals surface area contributed by atoms with Crippen molar-refractivity contribution in [2.24, 2.45) is 0 Å². The van der Waals surface area contributed by atoms with Crippen LogP contribution in [0, 0.1) is 0 Å².